The molecule has 0 atom stereocenters. The van der Waals surface area contributed by atoms with Crippen LogP contribution in [-0.4, -0.2) is 48.6 Å². The first kappa shape index (κ1) is 22.3. The lowest BCUT2D eigenvalue weighted by atomic mass is 10.0. The summed E-state index contributed by atoms with van der Waals surface area (Å²) in [5, 5.41) is 8.99. The highest BCUT2D eigenvalue weighted by Gasteiger charge is 2.60. The van der Waals surface area contributed by atoms with Crippen LogP contribution in [0.3, 0.4) is 0 Å². The number of likely N-dealkylation sites (tertiary alicyclic amines) is 1. The number of hydrogen-bond donors (Lipinski definition) is 0. The van der Waals surface area contributed by atoms with Crippen LogP contribution in [0.2, 0.25) is 0 Å². The van der Waals surface area contributed by atoms with E-state index in [2.05, 4.69) is 4.74 Å². The number of ether oxygens (including phenoxy) is 2. The average molecular weight is 444 g/mol. The Balaban J connectivity index is 1.59. The summed E-state index contributed by atoms with van der Waals surface area (Å²) in [4.78, 5) is 12.3. The molecule has 1 saturated heterocycles. The van der Waals surface area contributed by atoms with Crippen molar-refractivity contribution in [2.24, 2.45) is 0 Å². The summed E-state index contributed by atoms with van der Waals surface area (Å²) < 4.78 is 84.2. The van der Waals surface area contributed by atoms with Crippen LogP contribution in [0, 0.1) is 11.3 Å². The summed E-state index contributed by atoms with van der Waals surface area (Å²) in [5.41, 5.74) is 1.96. The number of carbonyl (C=O) groups excluding carboxylic acids is 1. The van der Waals surface area contributed by atoms with Gasteiger partial charge >= 0.3 is 18.4 Å². The molecule has 0 radical (unpaired) electrons. The average Bonchev–Trinajstić information content (AvgIpc) is 2.67. The van der Waals surface area contributed by atoms with Crippen molar-refractivity contribution in [2.75, 3.05) is 13.1 Å². The Labute approximate surface area is 172 Å². The lowest BCUT2D eigenvalue weighted by molar-refractivity contribution is -0.309. The maximum absolute atomic E-state index is 12.5. The molecule has 0 aliphatic carbocycles. The first-order chi connectivity index (χ1) is 14.5. The minimum Gasteiger partial charge on any atom is -0.487 e. The van der Waals surface area contributed by atoms with Gasteiger partial charge in [-0.3, -0.25) is 0 Å². The van der Waals surface area contributed by atoms with Crippen LogP contribution in [0.5, 0.6) is 5.75 Å². The van der Waals surface area contributed by atoms with Gasteiger partial charge in [-0.2, -0.15) is 31.6 Å². The number of rotatable bonds is 4. The Hall–Kier alpha value is -3.42. The van der Waals surface area contributed by atoms with Crippen molar-refractivity contribution >= 4 is 6.09 Å². The second-order valence-electron chi connectivity index (χ2n) is 6.71. The topological polar surface area (TPSA) is 62.6 Å². The van der Waals surface area contributed by atoms with Crippen LogP contribution < -0.4 is 4.74 Å². The molecule has 0 N–H and O–H groups in total. The standard InChI is InChI=1S/C20H14F6N2O3/c21-19(22,23)17(20(24,25)26)31-18(29)28-10-16(11-28)30-15-6-2-5-14(8-15)13-4-1-3-12(7-13)9-27/h1-8,16-17H,10-11H2. The second-order valence-corrected chi connectivity index (χ2v) is 6.71. The van der Waals surface area contributed by atoms with Crippen LogP contribution >= 0.6 is 0 Å². The monoisotopic (exact) mass is 444 g/mol. The van der Waals surface area contributed by atoms with Gasteiger partial charge in [-0.05, 0) is 35.4 Å². The molecular formula is C20H14F6N2O3. The Morgan fingerprint density at radius 2 is 1.58 bits per heavy atom. The summed E-state index contributed by atoms with van der Waals surface area (Å²) in [5.74, 6) is 0.390. The van der Waals surface area contributed by atoms with E-state index in [1.807, 2.05) is 6.07 Å². The molecule has 3 rings (SSSR count). The highest BCUT2D eigenvalue weighted by Crippen LogP contribution is 2.36. The van der Waals surface area contributed by atoms with Crippen LogP contribution in [-0.2, 0) is 4.74 Å². The van der Waals surface area contributed by atoms with E-state index in [1.165, 1.54) is 0 Å². The maximum Gasteiger partial charge on any atom is 0.434 e. The van der Waals surface area contributed by atoms with E-state index >= 15 is 0 Å². The molecule has 31 heavy (non-hydrogen) atoms. The molecule has 0 unspecified atom stereocenters. The van der Waals surface area contributed by atoms with E-state index in [9.17, 15) is 31.1 Å². The summed E-state index contributed by atoms with van der Waals surface area (Å²) in [7, 11) is 0. The van der Waals surface area contributed by atoms with Gasteiger partial charge in [0.05, 0.1) is 24.7 Å². The van der Waals surface area contributed by atoms with Gasteiger partial charge in [-0.15, -0.1) is 0 Å². The molecule has 0 bridgehead atoms. The highest BCUT2D eigenvalue weighted by atomic mass is 19.4. The normalized spacial score (nSPS) is 14.7. The molecule has 2 aromatic carbocycles. The number of carbonyl (C=O) groups is 1. The lowest BCUT2D eigenvalue weighted by Gasteiger charge is -2.39. The first-order valence-corrected chi connectivity index (χ1v) is 8.83. The van der Waals surface area contributed by atoms with E-state index in [-0.39, 0.29) is 13.1 Å². The minimum absolute atomic E-state index is 0.227. The Morgan fingerprint density at radius 1 is 1.00 bits per heavy atom. The fourth-order valence-electron chi connectivity index (χ4n) is 2.87. The number of benzene rings is 2. The molecule has 2 aromatic rings. The van der Waals surface area contributed by atoms with Gasteiger partial charge < -0.3 is 14.4 Å². The van der Waals surface area contributed by atoms with Crippen molar-refractivity contribution in [1.29, 1.82) is 5.26 Å². The van der Waals surface area contributed by atoms with Crippen molar-refractivity contribution in [1.82, 2.24) is 4.90 Å². The smallest absolute Gasteiger partial charge is 0.434 e. The first-order valence-electron chi connectivity index (χ1n) is 8.83. The van der Waals surface area contributed by atoms with E-state index in [1.54, 1.807) is 48.5 Å². The third-order valence-electron chi connectivity index (χ3n) is 4.38. The van der Waals surface area contributed by atoms with Crippen LogP contribution in [0.25, 0.3) is 11.1 Å². The molecule has 5 nitrogen and oxygen atoms in total. The van der Waals surface area contributed by atoms with Gasteiger partial charge in [0.25, 0.3) is 6.10 Å². The van der Waals surface area contributed by atoms with Crippen molar-refractivity contribution in [3.8, 4) is 22.9 Å². The van der Waals surface area contributed by atoms with E-state index in [4.69, 9.17) is 10.00 Å². The highest BCUT2D eigenvalue weighted by molar-refractivity contribution is 5.69. The molecule has 1 amide bonds. The zero-order valence-electron chi connectivity index (χ0n) is 15.6. The summed E-state index contributed by atoms with van der Waals surface area (Å²) in [6, 6.07) is 15.6. The van der Waals surface area contributed by atoms with Crippen LogP contribution in [0.15, 0.2) is 48.5 Å². The summed E-state index contributed by atoms with van der Waals surface area (Å²) in [6.07, 6.45) is -18.1. The molecule has 1 aliphatic heterocycles. The van der Waals surface area contributed by atoms with Crippen molar-refractivity contribution in [3.63, 3.8) is 0 Å². The molecule has 11 heteroatoms. The Kier molecular flexibility index (Phi) is 6.01. The number of nitrogens with zero attached hydrogens (tertiary/aromatic N) is 2. The minimum atomic E-state index is -5.77. The number of hydrogen-bond acceptors (Lipinski definition) is 4. The Morgan fingerprint density at radius 3 is 2.16 bits per heavy atom. The van der Waals surface area contributed by atoms with Gasteiger partial charge in [0.15, 0.2) is 0 Å². The third-order valence-corrected chi connectivity index (χ3v) is 4.38. The van der Waals surface area contributed by atoms with E-state index in [0.717, 1.165) is 11.1 Å². The fraction of sp³-hybridized carbons (Fsp3) is 0.300. The van der Waals surface area contributed by atoms with Crippen molar-refractivity contribution < 1.29 is 40.6 Å². The molecule has 164 valence electrons. The zero-order chi connectivity index (χ0) is 22.8. The Bertz CT molecular complexity index is 979. The maximum atomic E-state index is 12.5. The summed E-state index contributed by atoms with van der Waals surface area (Å²) in [6.45, 7) is -0.454. The number of halogens is 6. The molecular weight excluding hydrogens is 430 g/mol. The van der Waals surface area contributed by atoms with E-state index < -0.39 is 30.7 Å². The van der Waals surface area contributed by atoms with Gasteiger partial charge in [0, 0.05) is 0 Å². The van der Waals surface area contributed by atoms with Crippen LogP contribution in [0.1, 0.15) is 5.56 Å². The zero-order valence-corrected chi connectivity index (χ0v) is 15.6. The third kappa shape index (κ3) is 5.39. The van der Waals surface area contributed by atoms with Crippen molar-refractivity contribution in [3.05, 3.63) is 54.1 Å². The number of amides is 1. The predicted octanol–water partition coefficient (Wildman–Crippen LogP) is 4.92. The van der Waals surface area contributed by atoms with Gasteiger partial charge in [-0.1, -0.05) is 24.3 Å². The predicted molar refractivity (Wildman–Crippen MR) is 95.0 cm³/mol. The SMILES string of the molecule is N#Cc1cccc(-c2cccc(OC3CN(C(=O)OC(C(F)(F)F)C(F)(F)F)C3)c2)c1. The quantitative estimate of drug-likeness (QED) is 0.629. The molecule has 0 aromatic heterocycles. The largest absolute Gasteiger partial charge is 0.487 e. The summed E-state index contributed by atoms with van der Waals surface area (Å²) >= 11 is 0. The molecule has 1 heterocycles. The lowest BCUT2D eigenvalue weighted by Crippen LogP contribution is -2.58. The molecule has 1 aliphatic rings. The van der Waals surface area contributed by atoms with Crippen LogP contribution in [0.4, 0.5) is 31.1 Å². The number of nitriles is 1. The molecule has 0 saturated carbocycles. The molecule has 0 spiro atoms. The van der Waals surface area contributed by atoms with Gasteiger partial charge in [0.2, 0.25) is 0 Å². The molecule has 1 fully saturated rings. The van der Waals surface area contributed by atoms with E-state index in [0.29, 0.717) is 16.2 Å². The second kappa shape index (κ2) is 8.37. The fourth-order valence-corrected chi connectivity index (χ4v) is 2.87. The number of alkyl halides is 6. The van der Waals surface area contributed by atoms with Gasteiger partial charge in [-0.25, -0.2) is 4.79 Å². The van der Waals surface area contributed by atoms with Crippen molar-refractivity contribution in [2.45, 2.75) is 24.6 Å². The van der Waals surface area contributed by atoms with Gasteiger partial charge in [0.1, 0.15) is 11.9 Å².